The summed E-state index contributed by atoms with van der Waals surface area (Å²) in [5.41, 5.74) is 2.17. The van der Waals surface area contributed by atoms with E-state index in [0.29, 0.717) is 5.92 Å². The summed E-state index contributed by atoms with van der Waals surface area (Å²) in [6.07, 6.45) is 2.10. The topological polar surface area (TPSA) is 34.1 Å². The molecule has 1 rings (SSSR count). The molecule has 3 heteroatoms. The smallest absolute Gasteiger partial charge is 0.0577 e. The van der Waals surface area contributed by atoms with Crippen molar-refractivity contribution in [3.05, 3.63) is 29.6 Å². The monoisotopic (exact) mass is 250 g/mol. The lowest BCUT2D eigenvalue weighted by Crippen LogP contribution is -2.20. The molecule has 0 aromatic carbocycles. The van der Waals surface area contributed by atoms with Crippen LogP contribution in [-0.2, 0) is 4.74 Å². The Morgan fingerprint density at radius 1 is 1.22 bits per heavy atom. The molecule has 0 aliphatic heterocycles. The Labute approximate surface area is 111 Å². The summed E-state index contributed by atoms with van der Waals surface area (Å²) in [6, 6.07) is 6.43. The van der Waals surface area contributed by atoms with Crippen molar-refractivity contribution >= 4 is 0 Å². The van der Waals surface area contributed by atoms with Gasteiger partial charge in [0.2, 0.25) is 0 Å². The minimum absolute atomic E-state index is 0.281. The molecule has 3 nitrogen and oxygen atoms in total. The van der Waals surface area contributed by atoms with Gasteiger partial charge in [-0.25, -0.2) is 0 Å². The number of hydrogen-bond donors (Lipinski definition) is 1. The van der Waals surface area contributed by atoms with Crippen LogP contribution < -0.4 is 5.32 Å². The first kappa shape index (κ1) is 15.1. The third-order valence-electron chi connectivity index (χ3n) is 3.01. The van der Waals surface area contributed by atoms with Gasteiger partial charge in [0, 0.05) is 18.9 Å². The van der Waals surface area contributed by atoms with Gasteiger partial charge in [0.25, 0.3) is 0 Å². The summed E-state index contributed by atoms with van der Waals surface area (Å²) in [7, 11) is 1.97. The Hall–Kier alpha value is -0.930. The van der Waals surface area contributed by atoms with Gasteiger partial charge in [0.05, 0.1) is 11.7 Å². The van der Waals surface area contributed by atoms with E-state index in [0.717, 1.165) is 37.4 Å². The number of aryl methyl sites for hydroxylation is 1. The highest BCUT2D eigenvalue weighted by Crippen LogP contribution is 2.14. The number of hydrogen-bond acceptors (Lipinski definition) is 3. The van der Waals surface area contributed by atoms with Crippen molar-refractivity contribution < 1.29 is 4.74 Å². The van der Waals surface area contributed by atoms with Crippen molar-refractivity contribution in [3.63, 3.8) is 0 Å². The SMILES string of the molecule is CNC(CCOCCC(C)C)c1cccc(C)n1. The van der Waals surface area contributed by atoms with Gasteiger partial charge in [-0.15, -0.1) is 0 Å². The molecular weight excluding hydrogens is 224 g/mol. The summed E-state index contributed by atoms with van der Waals surface area (Å²) < 4.78 is 5.66. The molecule has 0 aliphatic rings. The summed E-state index contributed by atoms with van der Waals surface area (Å²) in [5.74, 6) is 0.712. The molecule has 18 heavy (non-hydrogen) atoms. The molecular formula is C15H26N2O. The van der Waals surface area contributed by atoms with Crippen LogP contribution in [0.3, 0.4) is 0 Å². The molecule has 102 valence electrons. The average molecular weight is 250 g/mol. The first-order chi connectivity index (χ1) is 8.63. The first-order valence-electron chi connectivity index (χ1n) is 6.82. The van der Waals surface area contributed by atoms with Crippen molar-refractivity contribution in [1.82, 2.24) is 10.3 Å². The third kappa shape index (κ3) is 5.61. The van der Waals surface area contributed by atoms with E-state index in [-0.39, 0.29) is 6.04 Å². The molecule has 1 aromatic rings. The Balaban J connectivity index is 2.34. The highest BCUT2D eigenvalue weighted by atomic mass is 16.5. The molecule has 0 saturated carbocycles. The molecule has 0 bridgehead atoms. The highest BCUT2D eigenvalue weighted by Gasteiger charge is 2.10. The van der Waals surface area contributed by atoms with Gasteiger partial charge in [0.1, 0.15) is 0 Å². The van der Waals surface area contributed by atoms with Crippen LogP contribution in [0.1, 0.15) is 44.1 Å². The van der Waals surface area contributed by atoms with Crippen molar-refractivity contribution in [2.45, 2.75) is 39.7 Å². The standard InChI is InChI=1S/C15H26N2O/c1-12(2)8-10-18-11-9-14(16-4)15-7-5-6-13(3)17-15/h5-7,12,14,16H,8-11H2,1-4H3. The molecule has 1 heterocycles. The van der Waals surface area contributed by atoms with Crippen molar-refractivity contribution in [2.24, 2.45) is 5.92 Å². The van der Waals surface area contributed by atoms with E-state index < -0.39 is 0 Å². The number of nitrogens with one attached hydrogen (secondary N) is 1. The van der Waals surface area contributed by atoms with Crippen LogP contribution in [0.2, 0.25) is 0 Å². The zero-order chi connectivity index (χ0) is 13.4. The lowest BCUT2D eigenvalue weighted by atomic mass is 10.1. The molecule has 0 spiro atoms. The van der Waals surface area contributed by atoms with E-state index in [2.05, 4.69) is 36.3 Å². The van der Waals surface area contributed by atoms with Crippen LogP contribution in [0.25, 0.3) is 0 Å². The fraction of sp³-hybridized carbons (Fsp3) is 0.667. The molecule has 0 fully saturated rings. The third-order valence-corrected chi connectivity index (χ3v) is 3.01. The van der Waals surface area contributed by atoms with E-state index in [4.69, 9.17) is 4.74 Å². The maximum absolute atomic E-state index is 5.66. The van der Waals surface area contributed by atoms with Crippen LogP contribution >= 0.6 is 0 Å². The first-order valence-corrected chi connectivity index (χ1v) is 6.82. The Morgan fingerprint density at radius 3 is 2.56 bits per heavy atom. The maximum atomic E-state index is 5.66. The minimum atomic E-state index is 0.281. The van der Waals surface area contributed by atoms with Gasteiger partial charge in [-0.2, -0.15) is 0 Å². The van der Waals surface area contributed by atoms with Gasteiger partial charge in [-0.05, 0) is 44.9 Å². The number of rotatable bonds is 8. The highest BCUT2D eigenvalue weighted by molar-refractivity contribution is 5.13. The van der Waals surface area contributed by atoms with Crippen LogP contribution in [0.5, 0.6) is 0 Å². The van der Waals surface area contributed by atoms with Crippen LogP contribution in [-0.4, -0.2) is 25.2 Å². The predicted molar refractivity (Wildman–Crippen MR) is 75.7 cm³/mol. The van der Waals surface area contributed by atoms with Crippen LogP contribution in [0.15, 0.2) is 18.2 Å². The second-order valence-electron chi connectivity index (χ2n) is 5.13. The van der Waals surface area contributed by atoms with Gasteiger partial charge in [0.15, 0.2) is 0 Å². The van der Waals surface area contributed by atoms with Crippen LogP contribution in [0.4, 0.5) is 0 Å². The largest absolute Gasteiger partial charge is 0.381 e. The lowest BCUT2D eigenvalue weighted by molar-refractivity contribution is 0.114. The Morgan fingerprint density at radius 2 is 1.94 bits per heavy atom. The van der Waals surface area contributed by atoms with E-state index >= 15 is 0 Å². The predicted octanol–water partition coefficient (Wildman–Crippen LogP) is 3.10. The van der Waals surface area contributed by atoms with E-state index in [1.54, 1.807) is 0 Å². The summed E-state index contributed by atoms with van der Waals surface area (Å²) in [6.45, 7) is 8.10. The van der Waals surface area contributed by atoms with Crippen molar-refractivity contribution in [2.75, 3.05) is 20.3 Å². The zero-order valence-electron chi connectivity index (χ0n) is 12.1. The minimum Gasteiger partial charge on any atom is -0.381 e. The summed E-state index contributed by atoms with van der Waals surface area (Å²) >= 11 is 0. The van der Waals surface area contributed by atoms with Gasteiger partial charge in [-0.3, -0.25) is 4.98 Å². The molecule has 1 N–H and O–H groups in total. The quantitative estimate of drug-likeness (QED) is 0.720. The Bertz CT molecular complexity index is 339. The van der Waals surface area contributed by atoms with Gasteiger partial charge < -0.3 is 10.1 Å². The number of pyridine rings is 1. The fourth-order valence-corrected chi connectivity index (χ4v) is 1.82. The second-order valence-corrected chi connectivity index (χ2v) is 5.13. The second kappa shape index (κ2) is 8.22. The molecule has 0 amide bonds. The van der Waals surface area contributed by atoms with Gasteiger partial charge >= 0.3 is 0 Å². The lowest BCUT2D eigenvalue weighted by Gasteiger charge is -2.16. The fourth-order valence-electron chi connectivity index (χ4n) is 1.82. The Kier molecular flexibility index (Phi) is 6.91. The zero-order valence-corrected chi connectivity index (χ0v) is 12.1. The van der Waals surface area contributed by atoms with Crippen LogP contribution in [0, 0.1) is 12.8 Å². The average Bonchev–Trinajstić information content (AvgIpc) is 2.33. The van der Waals surface area contributed by atoms with Crippen molar-refractivity contribution in [3.8, 4) is 0 Å². The van der Waals surface area contributed by atoms with E-state index in [1.165, 1.54) is 0 Å². The van der Waals surface area contributed by atoms with Crippen molar-refractivity contribution in [1.29, 1.82) is 0 Å². The summed E-state index contributed by atoms with van der Waals surface area (Å²) in [5, 5.41) is 3.30. The molecule has 1 unspecified atom stereocenters. The molecule has 0 aliphatic carbocycles. The van der Waals surface area contributed by atoms with Gasteiger partial charge in [-0.1, -0.05) is 19.9 Å². The molecule has 1 aromatic heterocycles. The number of nitrogens with zero attached hydrogens (tertiary/aromatic N) is 1. The summed E-state index contributed by atoms with van der Waals surface area (Å²) in [4.78, 5) is 4.55. The molecule has 1 atom stereocenters. The van der Waals surface area contributed by atoms with E-state index in [9.17, 15) is 0 Å². The maximum Gasteiger partial charge on any atom is 0.0577 e. The normalized spacial score (nSPS) is 12.9. The number of ether oxygens (including phenoxy) is 1. The molecule has 0 radical (unpaired) electrons. The van der Waals surface area contributed by atoms with E-state index in [1.807, 2.05) is 20.0 Å². The number of aromatic nitrogens is 1. The molecule has 0 saturated heterocycles.